The molecule has 0 amide bonds. The normalized spacial score (nSPS) is 15.2. The van der Waals surface area contributed by atoms with Gasteiger partial charge in [0.05, 0.1) is 27.7 Å². The van der Waals surface area contributed by atoms with Gasteiger partial charge < -0.3 is 9.84 Å². The first kappa shape index (κ1) is 23.2. The zero-order valence-electron chi connectivity index (χ0n) is 17.1. The average Bonchev–Trinajstić information content (AvgIpc) is 3.05. The SMILES string of the molecule is CC1N=c2ccc(F)c(S(=O)(=O)c3ccc(Oc4ccc(Cl)cc4Cl)cc3)c2=C1CC(=O)O. The van der Waals surface area contributed by atoms with Gasteiger partial charge in [0.2, 0.25) is 9.84 Å². The zero-order valence-corrected chi connectivity index (χ0v) is 19.4. The number of hydrogen-bond donors (Lipinski definition) is 1. The lowest BCUT2D eigenvalue weighted by Crippen LogP contribution is -2.32. The van der Waals surface area contributed by atoms with Crippen LogP contribution in [-0.2, 0) is 14.6 Å². The Hall–Kier alpha value is -2.94. The summed E-state index contributed by atoms with van der Waals surface area (Å²) in [5.41, 5.74) is 0.243. The molecule has 0 saturated carbocycles. The zero-order chi connectivity index (χ0) is 23.9. The number of carboxylic acids is 1. The molecule has 1 heterocycles. The number of carbonyl (C=O) groups is 1. The lowest BCUT2D eigenvalue weighted by molar-refractivity contribution is -0.135. The second-order valence-corrected chi connectivity index (χ2v) is 10.1. The highest BCUT2D eigenvalue weighted by atomic mass is 35.5. The van der Waals surface area contributed by atoms with E-state index in [1.54, 1.807) is 19.1 Å². The van der Waals surface area contributed by atoms with Crippen LogP contribution in [0.3, 0.4) is 0 Å². The van der Waals surface area contributed by atoms with Crippen LogP contribution >= 0.6 is 23.2 Å². The van der Waals surface area contributed by atoms with Crippen molar-refractivity contribution < 1.29 is 27.4 Å². The Kier molecular flexibility index (Phi) is 6.18. The summed E-state index contributed by atoms with van der Waals surface area (Å²) in [6.45, 7) is 1.64. The number of benzene rings is 3. The summed E-state index contributed by atoms with van der Waals surface area (Å²) in [5, 5.41) is 10.2. The molecule has 3 aromatic carbocycles. The molecule has 0 spiro atoms. The lowest BCUT2D eigenvalue weighted by Gasteiger charge is -2.11. The summed E-state index contributed by atoms with van der Waals surface area (Å²) in [6, 6.07) is 11.8. The largest absolute Gasteiger partial charge is 0.481 e. The number of aliphatic carboxylic acids is 1. The number of sulfone groups is 1. The first-order chi connectivity index (χ1) is 15.6. The number of carboxylic acid groups (broad SMARTS) is 1. The minimum Gasteiger partial charge on any atom is -0.481 e. The number of fused-ring (bicyclic) bond motifs is 1. The highest BCUT2D eigenvalue weighted by Crippen LogP contribution is 2.32. The summed E-state index contributed by atoms with van der Waals surface area (Å²) in [4.78, 5) is 14.9. The molecule has 0 saturated heterocycles. The number of rotatable bonds is 6. The smallest absolute Gasteiger partial charge is 0.307 e. The maximum absolute atomic E-state index is 14.9. The second-order valence-electron chi connectivity index (χ2n) is 7.32. The molecule has 1 N–H and O–H groups in total. The van der Waals surface area contributed by atoms with Crippen LogP contribution in [0.4, 0.5) is 4.39 Å². The lowest BCUT2D eigenvalue weighted by atomic mass is 10.0. The Balaban J connectivity index is 1.78. The molecule has 33 heavy (non-hydrogen) atoms. The van der Waals surface area contributed by atoms with E-state index >= 15 is 0 Å². The van der Waals surface area contributed by atoms with Crippen molar-refractivity contribution in [2.24, 2.45) is 4.99 Å². The third-order valence-electron chi connectivity index (χ3n) is 5.11. The molecular formula is C23H16Cl2FNO5S. The monoisotopic (exact) mass is 507 g/mol. The highest BCUT2D eigenvalue weighted by molar-refractivity contribution is 7.91. The van der Waals surface area contributed by atoms with Gasteiger partial charge in [-0.1, -0.05) is 23.2 Å². The number of halogens is 3. The van der Waals surface area contributed by atoms with Crippen LogP contribution in [0.2, 0.25) is 10.0 Å². The fourth-order valence-electron chi connectivity index (χ4n) is 3.61. The minimum atomic E-state index is -4.34. The quantitative estimate of drug-likeness (QED) is 0.533. The molecule has 4 rings (SSSR count). The van der Waals surface area contributed by atoms with E-state index in [1.165, 1.54) is 36.4 Å². The first-order valence-corrected chi connectivity index (χ1v) is 11.9. The molecule has 0 fully saturated rings. The van der Waals surface area contributed by atoms with E-state index in [1.807, 2.05) is 0 Å². The van der Waals surface area contributed by atoms with Gasteiger partial charge >= 0.3 is 5.97 Å². The summed E-state index contributed by atoms with van der Waals surface area (Å²) in [5.74, 6) is -1.50. The summed E-state index contributed by atoms with van der Waals surface area (Å²) in [7, 11) is -4.34. The fourth-order valence-corrected chi connectivity index (χ4v) is 5.62. The van der Waals surface area contributed by atoms with Gasteiger partial charge in [-0.3, -0.25) is 9.79 Å². The Morgan fingerprint density at radius 2 is 1.82 bits per heavy atom. The van der Waals surface area contributed by atoms with Gasteiger partial charge in [0.15, 0.2) is 0 Å². The Labute approximate surface area is 198 Å². The molecule has 0 aliphatic carbocycles. The van der Waals surface area contributed by atoms with E-state index in [-0.39, 0.29) is 26.1 Å². The van der Waals surface area contributed by atoms with E-state index in [4.69, 9.17) is 27.9 Å². The predicted molar refractivity (Wildman–Crippen MR) is 121 cm³/mol. The van der Waals surface area contributed by atoms with Crippen LogP contribution in [0.1, 0.15) is 13.3 Å². The predicted octanol–water partition coefficient (Wildman–Crippen LogP) is 4.40. The molecule has 10 heteroatoms. The van der Waals surface area contributed by atoms with Crippen LogP contribution in [0.15, 0.2) is 69.4 Å². The van der Waals surface area contributed by atoms with Crippen LogP contribution in [-0.4, -0.2) is 25.5 Å². The van der Waals surface area contributed by atoms with Gasteiger partial charge in [0.25, 0.3) is 0 Å². The Morgan fingerprint density at radius 3 is 2.45 bits per heavy atom. The van der Waals surface area contributed by atoms with Crippen molar-refractivity contribution in [2.75, 3.05) is 0 Å². The molecule has 0 aromatic heterocycles. The van der Waals surface area contributed by atoms with Gasteiger partial charge in [-0.15, -0.1) is 0 Å². The van der Waals surface area contributed by atoms with Crippen LogP contribution in [0.5, 0.6) is 11.5 Å². The van der Waals surface area contributed by atoms with E-state index in [0.29, 0.717) is 16.5 Å². The minimum absolute atomic E-state index is 0.0122. The fraction of sp³-hybridized carbons (Fsp3) is 0.130. The second kappa shape index (κ2) is 8.78. The van der Waals surface area contributed by atoms with Crippen LogP contribution in [0.25, 0.3) is 5.57 Å². The van der Waals surface area contributed by atoms with Gasteiger partial charge in [-0.05, 0) is 67.1 Å². The summed E-state index contributed by atoms with van der Waals surface area (Å²) < 4.78 is 47.3. The van der Waals surface area contributed by atoms with E-state index in [9.17, 15) is 22.7 Å². The average molecular weight is 508 g/mol. The van der Waals surface area contributed by atoms with Gasteiger partial charge in [0.1, 0.15) is 22.2 Å². The molecule has 6 nitrogen and oxygen atoms in total. The molecule has 1 unspecified atom stereocenters. The third-order valence-corrected chi connectivity index (χ3v) is 7.47. The molecule has 1 atom stereocenters. The number of hydrogen-bond acceptors (Lipinski definition) is 5. The van der Waals surface area contributed by atoms with Crippen molar-refractivity contribution in [2.45, 2.75) is 29.2 Å². The number of ether oxygens (including phenoxy) is 1. The molecular weight excluding hydrogens is 492 g/mol. The molecule has 3 aromatic rings. The van der Waals surface area contributed by atoms with Gasteiger partial charge in [0, 0.05) is 10.2 Å². The Morgan fingerprint density at radius 1 is 1.12 bits per heavy atom. The van der Waals surface area contributed by atoms with Crippen LogP contribution < -0.4 is 15.3 Å². The van der Waals surface area contributed by atoms with Gasteiger partial charge in [-0.2, -0.15) is 0 Å². The topological polar surface area (TPSA) is 93.0 Å². The van der Waals surface area contributed by atoms with E-state index in [2.05, 4.69) is 4.99 Å². The molecule has 1 aliphatic heterocycles. The molecule has 1 aliphatic rings. The Bertz CT molecular complexity index is 1510. The van der Waals surface area contributed by atoms with Crippen LogP contribution in [0, 0.1) is 5.82 Å². The van der Waals surface area contributed by atoms with Gasteiger partial charge in [-0.25, -0.2) is 12.8 Å². The van der Waals surface area contributed by atoms with Crippen molar-refractivity contribution in [1.29, 1.82) is 0 Å². The van der Waals surface area contributed by atoms with Crippen molar-refractivity contribution in [3.05, 3.63) is 81.0 Å². The van der Waals surface area contributed by atoms with Crippen molar-refractivity contribution in [1.82, 2.24) is 0 Å². The standard InChI is InChI=1S/C23H16Cl2FNO5S/c1-12-16(11-21(28)29)22-19(27-12)8-7-18(26)23(22)33(30,31)15-5-3-14(4-6-15)32-20-9-2-13(24)10-17(20)25/h2-10,12H,11H2,1H3,(H,28,29). The highest BCUT2D eigenvalue weighted by Gasteiger charge is 2.29. The van der Waals surface area contributed by atoms with Crippen molar-refractivity contribution >= 4 is 44.6 Å². The third kappa shape index (κ3) is 4.46. The first-order valence-electron chi connectivity index (χ1n) is 9.67. The maximum atomic E-state index is 14.9. The number of nitrogens with zero attached hydrogens (tertiary/aromatic N) is 1. The van der Waals surface area contributed by atoms with E-state index < -0.39 is 39.0 Å². The molecule has 0 bridgehead atoms. The van der Waals surface area contributed by atoms with Crippen molar-refractivity contribution in [3.8, 4) is 11.5 Å². The summed E-state index contributed by atoms with van der Waals surface area (Å²) in [6.07, 6.45) is -0.446. The molecule has 0 radical (unpaired) electrons. The molecule has 170 valence electrons. The summed E-state index contributed by atoms with van der Waals surface area (Å²) >= 11 is 12.0. The maximum Gasteiger partial charge on any atom is 0.307 e. The van der Waals surface area contributed by atoms with E-state index in [0.717, 1.165) is 6.07 Å². The van der Waals surface area contributed by atoms with Crippen molar-refractivity contribution in [3.63, 3.8) is 0 Å².